The third-order valence-corrected chi connectivity index (χ3v) is 3.43. The van der Waals surface area contributed by atoms with Crippen molar-refractivity contribution in [1.29, 1.82) is 0 Å². The van der Waals surface area contributed by atoms with E-state index in [0.717, 1.165) is 29.5 Å². The lowest BCUT2D eigenvalue weighted by molar-refractivity contribution is 0.258. The lowest BCUT2D eigenvalue weighted by atomic mass is 10.1. The van der Waals surface area contributed by atoms with E-state index in [9.17, 15) is 0 Å². The van der Waals surface area contributed by atoms with Crippen LogP contribution in [-0.2, 0) is 19.5 Å². The standard InChI is InChI=1S/C13H20N4OS/c1-9(2)5-12-15-13(18-16-12)7-17(4)6-11-8-19-10(3)14-11/h8-9H,5-7H2,1-4H3. The summed E-state index contributed by atoms with van der Waals surface area (Å²) in [6, 6.07) is 0. The van der Waals surface area contributed by atoms with Crippen LogP contribution >= 0.6 is 11.3 Å². The molecule has 5 nitrogen and oxygen atoms in total. The van der Waals surface area contributed by atoms with Gasteiger partial charge in [0.1, 0.15) is 0 Å². The van der Waals surface area contributed by atoms with Gasteiger partial charge in [-0.1, -0.05) is 19.0 Å². The van der Waals surface area contributed by atoms with Crippen molar-refractivity contribution in [2.75, 3.05) is 7.05 Å². The molecule has 0 radical (unpaired) electrons. The van der Waals surface area contributed by atoms with Crippen LogP contribution in [-0.4, -0.2) is 27.1 Å². The first-order valence-electron chi connectivity index (χ1n) is 6.44. The molecular formula is C13H20N4OS. The van der Waals surface area contributed by atoms with Gasteiger partial charge in [-0.2, -0.15) is 4.98 Å². The molecule has 0 aromatic carbocycles. The zero-order valence-electron chi connectivity index (χ0n) is 11.9. The van der Waals surface area contributed by atoms with E-state index in [2.05, 4.69) is 39.3 Å². The molecule has 0 atom stereocenters. The summed E-state index contributed by atoms with van der Waals surface area (Å²) in [5.41, 5.74) is 1.09. The van der Waals surface area contributed by atoms with Crippen molar-refractivity contribution in [3.63, 3.8) is 0 Å². The minimum Gasteiger partial charge on any atom is -0.338 e. The Morgan fingerprint density at radius 2 is 2.11 bits per heavy atom. The zero-order valence-corrected chi connectivity index (χ0v) is 12.7. The van der Waals surface area contributed by atoms with Gasteiger partial charge in [-0.3, -0.25) is 4.90 Å². The normalized spacial score (nSPS) is 11.7. The Kier molecular flexibility index (Phi) is 4.66. The summed E-state index contributed by atoms with van der Waals surface area (Å²) in [5.74, 6) is 2.01. The van der Waals surface area contributed by atoms with Crippen LogP contribution in [0.25, 0.3) is 0 Å². The molecule has 2 aromatic rings. The SMILES string of the molecule is Cc1nc(CN(C)Cc2nc(CC(C)C)no2)cs1. The van der Waals surface area contributed by atoms with Crippen molar-refractivity contribution < 1.29 is 4.52 Å². The maximum atomic E-state index is 5.26. The first-order chi connectivity index (χ1) is 9.02. The Labute approximate surface area is 117 Å². The Hall–Kier alpha value is -1.27. The molecule has 6 heteroatoms. The molecule has 0 fully saturated rings. The first-order valence-corrected chi connectivity index (χ1v) is 7.32. The monoisotopic (exact) mass is 280 g/mol. The van der Waals surface area contributed by atoms with Crippen molar-refractivity contribution in [2.45, 2.75) is 40.3 Å². The van der Waals surface area contributed by atoms with Crippen molar-refractivity contribution in [2.24, 2.45) is 5.92 Å². The highest BCUT2D eigenvalue weighted by molar-refractivity contribution is 7.09. The van der Waals surface area contributed by atoms with Gasteiger partial charge in [0.05, 0.1) is 17.2 Å². The summed E-state index contributed by atoms with van der Waals surface area (Å²) >= 11 is 1.67. The fourth-order valence-corrected chi connectivity index (χ4v) is 2.45. The molecule has 2 rings (SSSR count). The Balaban J connectivity index is 1.88. The second kappa shape index (κ2) is 6.25. The van der Waals surface area contributed by atoms with E-state index >= 15 is 0 Å². The van der Waals surface area contributed by atoms with Crippen molar-refractivity contribution >= 4 is 11.3 Å². The van der Waals surface area contributed by atoms with Crippen LogP contribution in [0.2, 0.25) is 0 Å². The third kappa shape index (κ3) is 4.40. The van der Waals surface area contributed by atoms with Gasteiger partial charge in [-0.25, -0.2) is 4.98 Å². The smallest absolute Gasteiger partial charge is 0.240 e. The zero-order chi connectivity index (χ0) is 13.8. The van der Waals surface area contributed by atoms with E-state index < -0.39 is 0 Å². The highest BCUT2D eigenvalue weighted by Gasteiger charge is 2.11. The van der Waals surface area contributed by atoms with Crippen molar-refractivity contribution in [3.05, 3.63) is 27.8 Å². The lowest BCUT2D eigenvalue weighted by Gasteiger charge is -2.11. The molecule has 2 heterocycles. The predicted octanol–water partition coefficient (Wildman–Crippen LogP) is 2.67. The van der Waals surface area contributed by atoms with E-state index in [1.807, 2.05) is 14.0 Å². The topological polar surface area (TPSA) is 55.1 Å². The molecule has 0 aliphatic rings. The fourth-order valence-electron chi connectivity index (χ4n) is 1.85. The van der Waals surface area contributed by atoms with Crippen molar-refractivity contribution in [1.82, 2.24) is 20.0 Å². The van der Waals surface area contributed by atoms with Gasteiger partial charge >= 0.3 is 0 Å². The first kappa shape index (κ1) is 14.1. The number of aromatic nitrogens is 3. The molecule has 0 saturated heterocycles. The number of hydrogen-bond acceptors (Lipinski definition) is 6. The Morgan fingerprint density at radius 1 is 1.32 bits per heavy atom. The molecule has 0 aliphatic heterocycles. The summed E-state index contributed by atoms with van der Waals surface area (Å²) in [4.78, 5) is 11.0. The molecule has 0 saturated carbocycles. The van der Waals surface area contributed by atoms with Gasteiger partial charge in [-0.05, 0) is 19.9 Å². The number of hydrogen-bond donors (Lipinski definition) is 0. The largest absolute Gasteiger partial charge is 0.338 e. The number of rotatable bonds is 6. The van der Waals surface area contributed by atoms with Crippen LogP contribution in [0, 0.1) is 12.8 Å². The van der Waals surface area contributed by atoms with Crippen LogP contribution in [0.5, 0.6) is 0 Å². The summed E-state index contributed by atoms with van der Waals surface area (Å²) < 4.78 is 5.26. The van der Waals surface area contributed by atoms with E-state index in [0.29, 0.717) is 18.4 Å². The average molecular weight is 280 g/mol. The van der Waals surface area contributed by atoms with Crippen molar-refractivity contribution in [3.8, 4) is 0 Å². The van der Waals surface area contributed by atoms with Crippen LogP contribution in [0.15, 0.2) is 9.90 Å². The molecular weight excluding hydrogens is 260 g/mol. The van der Waals surface area contributed by atoms with E-state index in [1.54, 1.807) is 11.3 Å². The molecule has 0 spiro atoms. The second-order valence-electron chi connectivity index (χ2n) is 5.23. The van der Waals surface area contributed by atoms with Gasteiger partial charge < -0.3 is 4.52 Å². The molecule has 0 unspecified atom stereocenters. The third-order valence-electron chi connectivity index (χ3n) is 2.60. The summed E-state index contributed by atoms with van der Waals surface area (Å²) in [7, 11) is 2.03. The van der Waals surface area contributed by atoms with Crippen LogP contribution < -0.4 is 0 Å². The average Bonchev–Trinajstić information content (AvgIpc) is 2.88. The minimum atomic E-state index is 0.543. The maximum absolute atomic E-state index is 5.26. The summed E-state index contributed by atoms with van der Waals surface area (Å²) in [5, 5.41) is 7.18. The fraction of sp³-hybridized carbons (Fsp3) is 0.615. The highest BCUT2D eigenvalue weighted by atomic mass is 32.1. The predicted molar refractivity (Wildman–Crippen MR) is 74.9 cm³/mol. The molecule has 104 valence electrons. The van der Waals surface area contributed by atoms with Gasteiger partial charge in [-0.15, -0.1) is 11.3 Å². The molecule has 0 bridgehead atoms. The molecule has 19 heavy (non-hydrogen) atoms. The molecule has 2 aromatic heterocycles. The minimum absolute atomic E-state index is 0.543. The summed E-state index contributed by atoms with van der Waals surface area (Å²) in [6.45, 7) is 7.76. The van der Waals surface area contributed by atoms with Crippen LogP contribution in [0.1, 0.15) is 36.3 Å². The molecule has 0 amide bonds. The Bertz CT molecular complexity index is 520. The number of thiazole rings is 1. The van der Waals surface area contributed by atoms with Gasteiger partial charge in [0.25, 0.3) is 0 Å². The van der Waals surface area contributed by atoms with Gasteiger partial charge in [0.15, 0.2) is 5.82 Å². The van der Waals surface area contributed by atoms with Gasteiger partial charge in [0.2, 0.25) is 5.89 Å². The van der Waals surface area contributed by atoms with Crippen LogP contribution in [0.3, 0.4) is 0 Å². The Morgan fingerprint density at radius 3 is 2.74 bits per heavy atom. The molecule has 0 aliphatic carbocycles. The maximum Gasteiger partial charge on any atom is 0.240 e. The number of nitrogens with zero attached hydrogens (tertiary/aromatic N) is 4. The van der Waals surface area contributed by atoms with E-state index in [-0.39, 0.29) is 0 Å². The van der Waals surface area contributed by atoms with E-state index in [4.69, 9.17) is 4.52 Å². The highest BCUT2D eigenvalue weighted by Crippen LogP contribution is 2.11. The quantitative estimate of drug-likeness (QED) is 0.814. The second-order valence-corrected chi connectivity index (χ2v) is 6.29. The lowest BCUT2D eigenvalue weighted by Crippen LogP contribution is -2.17. The van der Waals surface area contributed by atoms with Gasteiger partial charge in [0, 0.05) is 18.3 Å². The van der Waals surface area contributed by atoms with E-state index in [1.165, 1.54) is 0 Å². The number of aryl methyl sites for hydroxylation is 1. The summed E-state index contributed by atoms with van der Waals surface area (Å²) in [6.07, 6.45) is 0.860. The molecule has 0 N–H and O–H groups in total. The van der Waals surface area contributed by atoms with Crippen LogP contribution in [0.4, 0.5) is 0 Å².